The number of carboxylic acid groups (broad SMARTS) is 1. The van der Waals surface area contributed by atoms with Gasteiger partial charge in [-0.3, -0.25) is 9.69 Å². The Kier molecular flexibility index (Phi) is 3.74. The van der Waals surface area contributed by atoms with Crippen LogP contribution in [0, 0.1) is 12.3 Å². The molecule has 0 bridgehead atoms. The van der Waals surface area contributed by atoms with Crippen molar-refractivity contribution >= 4 is 5.97 Å². The predicted molar refractivity (Wildman–Crippen MR) is 83.9 cm³/mol. The van der Waals surface area contributed by atoms with Crippen molar-refractivity contribution in [2.24, 2.45) is 5.41 Å². The first-order chi connectivity index (χ1) is 10.5. The van der Waals surface area contributed by atoms with Crippen molar-refractivity contribution in [2.45, 2.75) is 26.8 Å². The SMILES string of the molecule is Cc1ccccc1-n1nccc1CN1CCC(C)(C(=O)O)C1. The molecule has 2 heterocycles. The lowest BCUT2D eigenvalue weighted by molar-refractivity contribution is -0.147. The molecule has 22 heavy (non-hydrogen) atoms. The Hall–Kier alpha value is -2.14. The molecule has 1 atom stereocenters. The van der Waals surface area contributed by atoms with Gasteiger partial charge in [-0.25, -0.2) is 4.68 Å². The quantitative estimate of drug-likeness (QED) is 0.942. The van der Waals surface area contributed by atoms with E-state index in [9.17, 15) is 9.90 Å². The normalized spacial score (nSPS) is 22.1. The number of nitrogens with zero attached hydrogens (tertiary/aromatic N) is 3. The molecule has 1 fully saturated rings. The fourth-order valence-electron chi connectivity index (χ4n) is 3.06. The fourth-order valence-corrected chi connectivity index (χ4v) is 3.06. The average molecular weight is 299 g/mol. The van der Waals surface area contributed by atoms with Gasteiger partial charge in [0.1, 0.15) is 0 Å². The molecule has 1 aliphatic rings. The van der Waals surface area contributed by atoms with Gasteiger partial charge in [-0.05, 0) is 44.5 Å². The molecule has 1 aromatic heterocycles. The number of carbonyl (C=O) groups is 1. The molecule has 2 aromatic rings. The summed E-state index contributed by atoms with van der Waals surface area (Å²) in [5, 5.41) is 13.8. The molecular weight excluding hydrogens is 278 g/mol. The Labute approximate surface area is 130 Å². The van der Waals surface area contributed by atoms with E-state index in [1.807, 2.05) is 29.8 Å². The van der Waals surface area contributed by atoms with Crippen molar-refractivity contribution in [3.8, 4) is 5.69 Å². The Bertz CT molecular complexity index is 695. The van der Waals surface area contributed by atoms with E-state index in [0.717, 1.165) is 24.5 Å². The molecule has 116 valence electrons. The molecule has 1 N–H and O–H groups in total. The molecule has 0 aliphatic carbocycles. The van der Waals surface area contributed by atoms with Crippen molar-refractivity contribution in [3.05, 3.63) is 47.8 Å². The van der Waals surface area contributed by atoms with E-state index in [2.05, 4.69) is 29.1 Å². The van der Waals surface area contributed by atoms with Crippen LogP contribution in [-0.4, -0.2) is 38.8 Å². The number of hydrogen-bond acceptors (Lipinski definition) is 3. The van der Waals surface area contributed by atoms with E-state index in [-0.39, 0.29) is 0 Å². The lowest BCUT2D eigenvalue weighted by atomic mass is 9.90. The average Bonchev–Trinajstić information content (AvgIpc) is 3.08. The van der Waals surface area contributed by atoms with Crippen LogP contribution in [-0.2, 0) is 11.3 Å². The van der Waals surface area contributed by atoms with Gasteiger partial charge in [-0.2, -0.15) is 5.10 Å². The van der Waals surface area contributed by atoms with Gasteiger partial charge < -0.3 is 5.11 Å². The molecule has 5 nitrogen and oxygen atoms in total. The van der Waals surface area contributed by atoms with Crippen molar-refractivity contribution in [2.75, 3.05) is 13.1 Å². The topological polar surface area (TPSA) is 58.4 Å². The fraction of sp³-hybridized carbons (Fsp3) is 0.412. The smallest absolute Gasteiger partial charge is 0.310 e. The number of aliphatic carboxylic acids is 1. The number of benzene rings is 1. The molecule has 3 rings (SSSR count). The van der Waals surface area contributed by atoms with Crippen LogP contribution in [0.3, 0.4) is 0 Å². The summed E-state index contributed by atoms with van der Waals surface area (Å²) in [6.07, 6.45) is 2.50. The van der Waals surface area contributed by atoms with Crippen LogP contribution in [0.15, 0.2) is 36.5 Å². The number of para-hydroxylation sites is 1. The maximum absolute atomic E-state index is 11.4. The van der Waals surface area contributed by atoms with Crippen LogP contribution in [0.25, 0.3) is 5.69 Å². The van der Waals surface area contributed by atoms with Crippen molar-refractivity contribution in [1.82, 2.24) is 14.7 Å². The Balaban J connectivity index is 1.80. The third-order valence-corrected chi connectivity index (χ3v) is 4.52. The minimum Gasteiger partial charge on any atom is -0.481 e. The molecule has 0 spiro atoms. The van der Waals surface area contributed by atoms with E-state index in [0.29, 0.717) is 13.0 Å². The second-order valence-corrected chi connectivity index (χ2v) is 6.35. The van der Waals surface area contributed by atoms with Gasteiger partial charge in [0.25, 0.3) is 0 Å². The zero-order valence-electron chi connectivity index (χ0n) is 13.0. The first-order valence-corrected chi connectivity index (χ1v) is 7.54. The summed E-state index contributed by atoms with van der Waals surface area (Å²) in [5.41, 5.74) is 2.70. The predicted octanol–water partition coefficient (Wildman–Crippen LogP) is 2.48. The van der Waals surface area contributed by atoms with E-state index < -0.39 is 11.4 Å². The molecule has 1 unspecified atom stereocenters. The summed E-state index contributed by atoms with van der Waals surface area (Å²) < 4.78 is 1.95. The van der Waals surface area contributed by atoms with Gasteiger partial charge in [0, 0.05) is 19.3 Å². The maximum atomic E-state index is 11.4. The number of likely N-dealkylation sites (tertiary alicyclic amines) is 1. The highest BCUT2D eigenvalue weighted by Gasteiger charge is 2.40. The molecule has 1 saturated heterocycles. The van der Waals surface area contributed by atoms with Gasteiger partial charge in [0.15, 0.2) is 0 Å². The number of carboxylic acids is 1. The maximum Gasteiger partial charge on any atom is 0.310 e. The lowest BCUT2D eigenvalue weighted by Crippen LogP contribution is -2.31. The highest BCUT2D eigenvalue weighted by Crippen LogP contribution is 2.31. The highest BCUT2D eigenvalue weighted by molar-refractivity contribution is 5.74. The largest absolute Gasteiger partial charge is 0.481 e. The molecule has 0 radical (unpaired) electrons. The summed E-state index contributed by atoms with van der Waals surface area (Å²) in [5.74, 6) is -0.706. The second kappa shape index (κ2) is 5.57. The third-order valence-electron chi connectivity index (χ3n) is 4.52. The summed E-state index contributed by atoms with van der Waals surface area (Å²) in [6, 6.07) is 10.1. The number of rotatable bonds is 4. The van der Waals surface area contributed by atoms with Crippen molar-refractivity contribution < 1.29 is 9.90 Å². The Morgan fingerprint density at radius 3 is 2.82 bits per heavy atom. The first-order valence-electron chi connectivity index (χ1n) is 7.54. The molecule has 0 amide bonds. The van der Waals surface area contributed by atoms with Gasteiger partial charge in [-0.1, -0.05) is 18.2 Å². The Morgan fingerprint density at radius 2 is 2.14 bits per heavy atom. The highest BCUT2D eigenvalue weighted by atomic mass is 16.4. The van der Waals surface area contributed by atoms with E-state index >= 15 is 0 Å². The van der Waals surface area contributed by atoms with Gasteiger partial charge in [0.2, 0.25) is 0 Å². The van der Waals surface area contributed by atoms with Crippen LogP contribution in [0.4, 0.5) is 0 Å². The number of aryl methyl sites for hydroxylation is 1. The molecule has 1 aromatic carbocycles. The van der Waals surface area contributed by atoms with E-state index in [1.165, 1.54) is 5.56 Å². The van der Waals surface area contributed by atoms with Crippen molar-refractivity contribution in [1.29, 1.82) is 0 Å². The standard InChI is InChI=1S/C17H21N3O2/c1-13-5-3-4-6-15(13)20-14(7-9-18-20)11-19-10-8-17(2,12-19)16(21)22/h3-7,9H,8,10-12H2,1-2H3,(H,21,22). The summed E-state index contributed by atoms with van der Waals surface area (Å²) in [6.45, 7) is 6.01. The van der Waals surface area contributed by atoms with E-state index in [4.69, 9.17) is 0 Å². The monoisotopic (exact) mass is 299 g/mol. The third kappa shape index (κ3) is 2.64. The summed E-state index contributed by atoms with van der Waals surface area (Å²) >= 11 is 0. The minimum atomic E-state index is -0.706. The van der Waals surface area contributed by atoms with Crippen molar-refractivity contribution in [3.63, 3.8) is 0 Å². The first kappa shape index (κ1) is 14.8. The van der Waals surface area contributed by atoms with Gasteiger partial charge in [0.05, 0.1) is 16.8 Å². The zero-order valence-corrected chi connectivity index (χ0v) is 13.0. The van der Waals surface area contributed by atoms with Gasteiger partial charge >= 0.3 is 5.97 Å². The van der Waals surface area contributed by atoms with E-state index in [1.54, 1.807) is 6.20 Å². The Morgan fingerprint density at radius 1 is 1.36 bits per heavy atom. The zero-order chi connectivity index (χ0) is 15.7. The van der Waals surface area contributed by atoms with Crippen LogP contribution in [0.2, 0.25) is 0 Å². The van der Waals surface area contributed by atoms with Gasteiger partial charge in [-0.15, -0.1) is 0 Å². The number of aromatic nitrogens is 2. The molecule has 0 saturated carbocycles. The van der Waals surface area contributed by atoms with Crippen LogP contribution >= 0.6 is 0 Å². The minimum absolute atomic E-state index is 0.585. The molecule has 5 heteroatoms. The van der Waals surface area contributed by atoms with Crippen LogP contribution < -0.4 is 0 Å². The van der Waals surface area contributed by atoms with Crippen LogP contribution in [0.1, 0.15) is 24.6 Å². The molecule has 1 aliphatic heterocycles. The number of hydrogen-bond donors (Lipinski definition) is 1. The lowest BCUT2D eigenvalue weighted by Gasteiger charge is -2.20. The summed E-state index contributed by atoms with van der Waals surface area (Å²) in [4.78, 5) is 13.6. The molecular formula is C17H21N3O2. The second-order valence-electron chi connectivity index (χ2n) is 6.35. The van der Waals surface area contributed by atoms with Crippen LogP contribution in [0.5, 0.6) is 0 Å². The summed E-state index contributed by atoms with van der Waals surface area (Å²) in [7, 11) is 0.